The maximum Gasteiger partial charge on any atom is 0.143 e. The van der Waals surface area contributed by atoms with Crippen molar-refractivity contribution in [1.82, 2.24) is 20.2 Å². The average molecular weight is 344 g/mol. The zero-order chi connectivity index (χ0) is 14.7. The lowest BCUT2D eigenvalue weighted by atomic mass is 10.1. The molecular weight excluding hydrogens is 330 g/mol. The summed E-state index contributed by atoms with van der Waals surface area (Å²) in [5.74, 6) is 0. The number of aryl methyl sites for hydroxylation is 1. The van der Waals surface area contributed by atoms with E-state index in [0.717, 1.165) is 28.0 Å². The number of hydrogen-bond donors (Lipinski definition) is 1. The molecule has 0 bridgehead atoms. The summed E-state index contributed by atoms with van der Waals surface area (Å²) in [5, 5.41) is 14.6. The van der Waals surface area contributed by atoms with Crippen LogP contribution in [0, 0.1) is 6.92 Å². The summed E-state index contributed by atoms with van der Waals surface area (Å²) in [4.78, 5) is 0. The van der Waals surface area contributed by atoms with Gasteiger partial charge >= 0.3 is 0 Å². The highest BCUT2D eigenvalue weighted by molar-refractivity contribution is 9.10. The highest BCUT2D eigenvalue weighted by Gasteiger charge is 2.03. The minimum absolute atomic E-state index is 0.789. The van der Waals surface area contributed by atoms with Crippen LogP contribution in [0.2, 0.25) is 0 Å². The van der Waals surface area contributed by atoms with Gasteiger partial charge < -0.3 is 5.32 Å². The summed E-state index contributed by atoms with van der Waals surface area (Å²) in [5.41, 5.74) is 4.41. The maximum absolute atomic E-state index is 3.91. The van der Waals surface area contributed by atoms with Crippen LogP contribution in [0.4, 0.5) is 5.69 Å². The second-order valence-corrected chi connectivity index (χ2v) is 5.65. The van der Waals surface area contributed by atoms with E-state index in [9.17, 15) is 0 Å². The van der Waals surface area contributed by atoms with Crippen LogP contribution in [0.5, 0.6) is 0 Å². The van der Waals surface area contributed by atoms with Gasteiger partial charge in [0, 0.05) is 16.7 Å². The lowest BCUT2D eigenvalue weighted by molar-refractivity contribution is 0.785. The number of benzene rings is 2. The number of tetrazole rings is 1. The van der Waals surface area contributed by atoms with Crippen molar-refractivity contribution in [3.8, 4) is 5.69 Å². The summed E-state index contributed by atoms with van der Waals surface area (Å²) in [6.45, 7) is 2.83. The number of aromatic nitrogens is 4. The molecule has 0 radical (unpaired) electrons. The first kappa shape index (κ1) is 13.8. The fourth-order valence-electron chi connectivity index (χ4n) is 2.10. The van der Waals surface area contributed by atoms with Crippen molar-refractivity contribution in [2.45, 2.75) is 13.5 Å². The third kappa shape index (κ3) is 3.28. The third-order valence-corrected chi connectivity index (χ3v) is 3.73. The number of anilines is 1. The number of rotatable bonds is 4. The van der Waals surface area contributed by atoms with Gasteiger partial charge in [-0.05, 0) is 58.8 Å². The number of halogens is 1. The summed E-state index contributed by atoms with van der Waals surface area (Å²) < 4.78 is 2.75. The molecule has 6 heteroatoms. The Morgan fingerprint density at radius 3 is 2.62 bits per heavy atom. The molecule has 1 heterocycles. The summed E-state index contributed by atoms with van der Waals surface area (Å²) in [7, 11) is 0. The largest absolute Gasteiger partial charge is 0.381 e. The van der Waals surface area contributed by atoms with E-state index in [-0.39, 0.29) is 0 Å². The second-order valence-electron chi connectivity index (χ2n) is 4.74. The van der Waals surface area contributed by atoms with E-state index in [4.69, 9.17) is 0 Å². The van der Waals surface area contributed by atoms with Crippen LogP contribution in [-0.4, -0.2) is 20.2 Å². The third-order valence-electron chi connectivity index (χ3n) is 3.20. The lowest BCUT2D eigenvalue weighted by Gasteiger charge is -2.10. The van der Waals surface area contributed by atoms with Crippen molar-refractivity contribution >= 4 is 21.6 Å². The number of nitrogens with one attached hydrogen (secondary N) is 1. The van der Waals surface area contributed by atoms with Gasteiger partial charge in [0.05, 0.1) is 5.69 Å². The molecule has 0 aliphatic heterocycles. The molecule has 0 aliphatic carbocycles. The van der Waals surface area contributed by atoms with Crippen molar-refractivity contribution in [1.29, 1.82) is 0 Å². The molecule has 0 fully saturated rings. The van der Waals surface area contributed by atoms with E-state index in [0.29, 0.717) is 0 Å². The van der Waals surface area contributed by atoms with E-state index in [2.05, 4.69) is 55.0 Å². The van der Waals surface area contributed by atoms with E-state index in [1.807, 2.05) is 31.2 Å². The zero-order valence-corrected chi connectivity index (χ0v) is 13.1. The highest BCUT2D eigenvalue weighted by atomic mass is 79.9. The van der Waals surface area contributed by atoms with Crippen molar-refractivity contribution < 1.29 is 0 Å². The Balaban J connectivity index is 1.72. The molecule has 3 rings (SSSR count). The Hall–Kier alpha value is -2.21. The molecule has 1 N–H and O–H groups in total. The Kier molecular flexibility index (Phi) is 3.96. The van der Waals surface area contributed by atoms with Gasteiger partial charge in [-0.3, -0.25) is 0 Å². The molecule has 0 atom stereocenters. The Morgan fingerprint density at radius 2 is 1.95 bits per heavy atom. The number of nitrogens with zero attached hydrogens (tertiary/aromatic N) is 4. The van der Waals surface area contributed by atoms with Crippen molar-refractivity contribution in [2.75, 3.05) is 5.32 Å². The van der Waals surface area contributed by atoms with Gasteiger partial charge in [-0.25, -0.2) is 4.68 Å². The molecule has 0 amide bonds. The van der Waals surface area contributed by atoms with E-state index in [1.165, 1.54) is 5.56 Å². The van der Waals surface area contributed by atoms with Crippen molar-refractivity contribution in [2.24, 2.45) is 0 Å². The van der Waals surface area contributed by atoms with Crippen LogP contribution in [0.3, 0.4) is 0 Å². The predicted molar refractivity (Wildman–Crippen MR) is 85.4 cm³/mol. The molecular formula is C15H14BrN5. The van der Waals surface area contributed by atoms with E-state index in [1.54, 1.807) is 11.0 Å². The first-order valence-electron chi connectivity index (χ1n) is 6.55. The standard InChI is InChI=1S/C15H14BrN5/c1-11-8-14(6-7-15(11)21-10-18-19-20-21)17-9-12-2-4-13(16)5-3-12/h2-8,10,17H,9H2,1H3. The molecule has 0 unspecified atom stereocenters. The first-order valence-corrected chi connectivity index (χ1v) is 7.34. The Morgan fingerprint density at radius 1 is 1.14 bits per heavy atom. The predicted octanol–water partition coefficient (Wildman–Crippen LogP) is 3.35. The second kappa shape index (κ2) is 6.05. The van der Waals surface area contributed by atoms with Gasteiger partial charge in [0.15, 0.2) is 0 Å². The van der Waals surface area contributed by atoms with Crippen molar-refractivity contribution in [3.63, 3.8) is 0 Å². The molecule has 106 valence electrons. The molecule has 1 aromatic heterocycles. The summed E-state index contributed by atoms with van der Waals surface area (Å²) in [6, 6.07) is 14.4. The molecule has 0 saturated heterocycles. The minimum atomic E-state index is 0.789. The fraction of sp³-hybridized carbons (Fsp3) is 0.133. The van der Waals surface area contributed by atoms with Crippen LogP contribution < -0.4 is 5.32 Å². The fourth-order valence-corrected chi connectivity index (χ4v) is 2.36. The Labute approximate surface area is 131 Å². The highest BCUT2D eigenvalue weighted by Crippen LogP contribution is 2.19. The van der Waals surface area contributed by atoms with Gasteiger partial charge in [0.25, 0.3) is 0 Å². The number of hydrogen-bond acceptors (Lipinski definition) is 4. The first-order chi connectivity index (χ1) is 10.2. The van der Waals surface area contributed by atoms with Gasteiger partial charge in [-0.15, -0.1) is 5.10 Å². The maximum atomic E-state index is 3.91. The van der Waals surface area contributed by atoms with Gasteiger partial charge in [-0.1, -0.05) is 28.1 Å². The van der Waals surface area contributed by atoms with Gasteiger partial charge in [-0.2, -0.15) is 0 Å². The lowest BCUT2D eigenvalue weighted by Crippen LogP contribution is -2.02. The minimum Gasteiger partial charge on any atom is -0.381 e. The van der Waals surface area contributed by atoms with Crippen molar-refractivity contribution in [3.05, 3.63) is 64.4 Å². The van der Waals surface area contributed by atoms with E-state index >= 15 is 0 Å². The molecule has 0 saturated carbocycles. The summed E-state index contributed by atoms with van der Waals surface area (Å²) in [6.07, 6.45) is 1.59. The van der Waals surface area contributed by atoms with Gasteiger partial charge in [0.1, 0.15) is 6.33 Å². The van der Waals surface area contributed by atoms with Crippen LogP contribution >= 0.6 is 15.9 Å². The van der Waals surface area contributed by atoms with Crippen LogP contribution in [-0.2, 0) is 6.54 Å². The molecule has 0 aliphatic rings. The van der Waals surface area contributed by atoms with E-state index < -0.39 is 0 Å². The monoisotopic (exact) mass is 343 g/mol. The smallest absolute Gasteiger partial charge is 0.143 e. The zero-order valence-electron chi connectivity index (χ0n) is 11.5. The topological polar surface area (TPSA) is 55.6 Å². The van der Waals surface area contributed by atoms with Crippen LogP contribution in [0.15, 0.2) is 53.3 Å². The molecule has 5 nitrogen and oxygen atoms in total. The Bertz CT molecular complexity index is 722. The quantitative estimate of drug-likeness (QED) is 0.789. The normalized spacial score (nSPS) is 10.6. The summed E-state index contributed by atoms with van der Waals surface area (Å²) >= 11 is 3.44. The molecule has 21 heavy (non-hydrogen) atoms. The van der Waals surface area contributed by atoms with Gasteiger partial charge in [0.2, 0.25) is 0 Å². The van der Waals surface area contributed by atoms with Crippen LogP contribution in [0.1, 0.15) is 11.1 Å². The molecule has 0 spiro atoms. The average Bonchev–Trinajstić information content (AvgIpc) is 3.01. The molecule has 2 aromatic carbocycles. The van der Waals surface area contributed by atoms with Crippen LogP contribution in [0.25, 0.3) is 5.69 Å². The SMILES string of the molecule is Cc1cc(NCc2ccc(Br)cc2)ccc1-n1cnnn1. The molecule has 3 aromatic rings.